The number of hydrogen-bond acceptors (Lipinski definition) is 6. The number of rotatable bonds is 6. The van der Waals surface area contributed by atoms with Crippen molar-refractivity contribution in [2.24, 2.45) is 5.41 Å². The van der Waals surface area contributed by atoms with E-state index in [-0.39, 0.29) is 46.7 Å². The molecular formula is C15H24ClN3O5S. The molecule has 1 fully saturated rings. The van der Waals surface area contributed by atoms with Crippen LogP contribution < -0.4 is 14.8 Å². The van der Waals surface area contributed by atoms with E-state index in [1.54, 1.807) is 0 Å². The second-order valence-electron chi connectivity index (χ2n) is 6.54. The number of halogens is 1. The summed E-state index contributed by atoms with van der Waals surface area (Å²) < 4.78 is 32.7. The first-order valence-electron chi connectivity index (χ1n) is 7.73. The Morgan fingerprint density at radius 1 is 1.44 bits per heavy atom. The predicted molar refractivity (Wildman–Crippen MR) is 96.9 cm³/mol. The summed E-state index contributed by atoms with van der Waals surface area (Å²) in [6.07, 6.45) is 2.08. The molecule has 0 bridgehead atoms. The summed E-state index contributed by atoms with van der Waals surface area (Å²) in [4.78, 5) is 10.1. The van der Waals surface area contributed by atoms with Crippen molar-refractivity contribution in [3.05, 3.63) is 28.3 Å². The molecule has 8 nitrogen and oxygen atoms in total. The quantitative estimate of drug-likeness (QED) is 0.565. The number of nitro groups is 1. The molecule has 142 valence electrons. The third kappa shape index (κ3) is 5.04. The van der Waals surface area contributed by atoms with E-state index in [4.69, 9.17) is 4.74 Å². The van der Waals surface area contributed by atoms with Crippen molar-refractivity contribution in [1.29, 1.82) is 0 Å². The van der Waals surface area contributed by atoms with Gasteiger partial charge < -0.3 is 10.1 Å². The first-order chi connectivity index (χ1) is 11.2. The Balaban J connectivity index is 0.00000312. The second kappa shape index (κ2) is 8.31. The Bertz CT molecular complexity index is 724. The van der Waals surface area contributed by atoms with Crippen molar-refractivity contribution in [3.63, 3.8) is 0 Å². The van der Waals surface area contributed by atoms with Gasteiger partial charge in [-0.1, -0.05) is 13.8 Å². The number of piperidine rings is 1. The largest absolute Gasteiger partial charge is 0.495 e. The van der Waals surface area contributed by atoms with Crippen molar-refractivity contribution < 1.29 is 18.1 Å². The molecule has 1 atom stereocenters. The lowest BCUT2D eigenvalue weighted by molar-refractivity contribution is -0.385. The van der Waals surface area contributed by atoms with E-state index >= 15 is 0 Å². The van der Waals surface area contributed by atoms with Crippen LogP contribution in [0.1, 0.15) is 26.7 Å². The normalized spacial score (nSPS) is 19.7. The fourth-order valence-corrected chi connectivity index (χ4v) is 4.08. The predicted octanol–water partition coefficient (Wildman–Crippen LogP) is 2.08. The zero-order valence-corrected chi connectivity index (χ0v) is 16.1. The van der Waals surface area contributed by atoms with Gasteiger partial charge in [0.2, 0.25) is 10.0 Å². The zero-order valence-electron chi connectivity index (χ0n) is 14.4. The van der Waals surface area contributed by atoms with Crippen LogP contribution in [-0.4, -0.2) is 39.6 Å². The Morgan fingerprint density at radius 2 is 2.12 bits per heavy atom. The van der Waals surface area contributed by atoms with E-state index < -0.39 is 14.9 Å². The van der Waals surface area contributed by atoms with Crippen LogP contribution in [0.5, 0.6) is 5.75 Å². The number of methoxy groups -OCH3 is 1. The molecule has 0 radical (unpaired) electrons. The van der Waals surface area contributed by atoms with E-state index in [0.29, 0.717) is 0 Å². The van der Waals surface area contributed by atoms with Crippen molar-refractivity contribution in [2.75, 3.05) is 20.2 Å². The van der Waals surface area contributed by atoms with Gasteiger partial charge in [-0.15, -0.1) is 12.4 Å². The summed E-state index contributed by atoms with van der Waals surface area (Å²) in [5.74, 6) is -0.0486. The lowest BCUT2D eigenvalue weighted by atomic mass is 9.78. The van der Waals surface area contributed by atoms with Crippen molar-refractivity contribution in [3.8, 4) is 5.75 Å². The highest BCUT2D eigenvalue weighted by Gasteiger charge is 2.33. The van der Waals surface area contributed by atoms with Crippen molar-refractivity contribution in [1.82, 2.24) is 10.0 Å². The van der Waals surface area contributed by atoms with Gasteiger partial charge in [0, 0.05) is 18.7 Å². The number of nitro benzene ring substituents is 1. The van der Waals surface area contributed by atoms with E-state index in [0.717, 1.165) is 31.5 Å². The van der Waals surface area contributed by atoms with Crippen molar-refractivity contribution >= 4 is 28.1 Å². The third-order valence-corrected chi connectivity index (χ3v) is 5.92. The second-order valence-corrected chi connectivity index (χ2v) is 8.28. The molecular weight excluding hydrogens is 370 g/mol. The van der Waals surface area contributed by atoms with Crippen LogP contribution in [0.3, 0.4) is 0 Å². The molecule has 2 N–H and O–H groups in total. The maximum absolute atomic E-state index is 12.6. The molecule has 2 rings (SSSR count). The minimum Gasteiger partial charge on any atom is -0.495 e. The lowest BCUT2D eigenvalue weighted by Gasteiger charge is -2.39. The van der Waals surface area contributed by atoms with Gasteiger partial charge in [0.25, 0.3) is 5.69 Å². The van der Waals surface area contributed by atoms with E-state index in [1.165, 1.54) is 13.2 Å². The van der Waals surface area contributed by atoms with Crippen LogP contribution >= 0.6 is 12.4 Å². The number of non-ortho nitro benzene ring substituents is 1. The Morgan fingerprint density at radius 3 is 2.68 bits per heavy atom. The van der Waals surface area contributed by atoms with Crippen LogP contribution in [0.2, 0.25) is 0 Å². The topological polar surface area (TPSA) is 111 Å². The fraction of sp³-hybridized carbons (Fsp3) is 0.600. The molecule has 0 spiro atoms. The van der Waals surface area contributed by atoms with Crippen LogP contribution in [-0.2, 0) is 10.0 Å². The first kappa shape index (κ1) is 21.6. The molecule has 1 heterocycles. The molecule has 1 unspecified atom stereocenters. The summed E-state index contributed by atoms with van der Waals surface area (Å²) in [6.45, 7) is 5.31. The van der Waals surface area contributed by atoms with Crippen LogP contribution in [0.4, 0.5) is 5.69 Å². The molecule has 0 aliphatic carbocycles. The molecule has 1 aliphatic heterocycles. The molecule has 25 heavy (non-hydrogen) atoms. The lowest BCUT2D eigenvalue weighted by Crippen LogP contribution is -2.52. The number of ether oxygens (including phenoxy) is 1. The van der Waals surface area contributed by atoms with Gasteiger partial charge >= 0.3 is 0 Å². The van der Waals surface area contributed by atoms with Crippen molar-refractivity contribution in [2.45, 2.75) is 37.6 Å². The van der Waals surface area contributed by atoms with Gasteiger partial charge in [0.1, 0.15) is 10.6 Å². The number of nitrogens with one attached hydrogen (secondary N) is 2. The van der Waals surface area contributed by atoms with Gasteiger partial charge in [-0.05, 0) is 30.9 Å². The molecule has 1 aromatic rings. The fourth-order valence-electron chi connectivity index (χ4n) is 2.88. The summed E-state index contributed by atoms with van der Waals surface area (Å²) in [5.41, 5.74) is -0.235. The molecule has 1 aromatic carbocycles. The standard InChI is InChI=1S/C15H23N3O5S.ClH/c1-15(2)7-4-8-16-14(15)10-17-24(21,22)13-6-5-11(18(19)20)9-12(13)23-3;/h5-6,9,14,16-17H,4,7-8,10H2,1-3H3;1H. The Hall–Kier alpha value is -1.42. The Kier molecular flexibility index (Phi) is 7.18. The van der Waals surface area contributed by atoms with E-state index in [2.05, 4.69) is 23.9 Å². The molecule has 0 aromatic heterocycles. The van der Waals surface area contributed by atoms with Gasteiger partial charge in [0.05, 0.1) is 18.1 Å². The van der Waals surface area contributed by atoms with Gasteiger partial charge in [-0.3, -0.25) is 10.1 Å². The molecule has 0 saturated carbocycles. The van der Waals surface area contributed by atoms with Crippen LogP contribution in [0.15, 0.2) is 23.1 Å². The smallest absolute Gasteiger partial charge is 0.273 e. The Labute approximate surface area is 153 Å². The highest BCUT2D eigenvalue weighted by atomic mass is 35.5. The monoisotopic (exact) mass is 393 g/mol. The van der Waals surface area contributed by atoms with Crippen LogP contribution in [0, 0.1) is 15.5 Å². The molecule has 0 amide bonds. The first-order valence-corrected chi connectivity index (χ1v) is 9.21. The highest BCUT2D eigenvalue weighted by Crippen LogP contribution is 2.31. The number of sulfonamides is 1. The summed E-state index contributed by atoms with van der Waals surface area (Å²) in [6, 6.07) is 3.47. The van der Waals surface area contributed by atoms with Gasteiger partial charge in [-0.2, -0.15) is 0 Å². The summed E-state index contributed by atoms with van der Waals surface area (Å²) in [7, 11) is -2.55. The van der Waals surface area contributed by atoms with Crippen LogP contribution in [0.25, 0.3) is 0 Å². The average Bonchev–Trinajstić information content (AvgIpc) is 2.52. The molecule has 1 saturated heterocycles. The number of nitrogens with zero attached hydrogens (tertiary/aromatic N) is 1. The zero-order chi connectivity index (χ0) is 18.0. The summed E-state index contributed by atoms with van der Waals surface area (Å²) in [5, 5.41) is 14.1. The number of hydrogen-bond donors (Lipinski definition) is 2. The molecule has 10 heteroatoms. The number of benzene rings is 1. The maximum atomic E-state index is 12.6. The summed E-state index contributed by atoms with van der Waals surface area (Å²) >= 11 is 0. The third-order valence-electron chi connectivity index (χ3n) is 4.46. The minimum atomic E-state index is -3.83. The molecule has 1 aliphatic rings. The minimum absolute atomic E-state index is 0. The highest BCUT2D eigenvalue weighted by molar-refractivity contribution is 7.89. The van der Waals surface area contributed by atoms with Gasteiger partial charge in [-0.25, -0.2) is 13.1 Å². The SMILES string of the molecule is COc1cc([N+](=O)[O-])ccc1S(=O)(=O)NCC1NCCCC1(C)C.Cl. The van der Waals surface area contributed by atoms with E-state index in [1.807, 2.05) is 0 Å². The van der Waals surface area contributed by atoms with E-state index in [9.17, 15) is 18.5 Å². The van der Waals surface area contributed by atoms with Gasteiger partial charge in [0.15, 0.2) is 0 Å². The maximum Gasteiger partial charge on any atom is 0.273 e. The average molecular weight is 394 g/mol.